The number of aliphatic hydroxyl groups excluding tert-OH is 1. The quantitative estimate of drug-likeness (QED) is 0.889. The van der Waals surface area contributed by atoms with Gasteiger partial charge in [-0.15, -0.1) is 0 Å². The van der Waals surface area contributed by atoms with Crippen LogP contribution in [0.25, 0.3) is 0 Å². The molecule has 0 spiro atoms. The first-order chi connectivity index (χ1) is 9.56. The van der Waals surface area contributed by atoms with Crippen LogP contribution in [0, 0.1) is 0 Å². The summed E-state index contributed by atoms with van der Waals surface area (Å²) in [4.78, 5) is 4.98. The standard InChI is InChI=1S/C16H25BrN2O/c1-4-18(5-2)14-8-9-19(11-14)16-7-6-13(12(3)20)10-15(16)17/h6-7,10,12,14,20H,4-5,8-9,11H2,1-3H3/t12-,14?/m1/s1. The van der Waals surface area contributed by atoms with E-state index in [0.717, 1.165) is 36.2 Å². The Kier molecular flexibility index (Phi) is 5.47. The zero-order valence-corrected chi connectivity index (χ0v) is 14.2. The first kappa shape index (κ1) is 15.8. The Labute approximate surface area is 130 Å². The zero-order chi connectivity index (χ0) is 14.7. The normalized spacial score (nSPS) is 20.7. The van der Waals surface area contributed by atoms with Crippen molar-refractivity contribution in [2.24, 2.45) is 0 Å². The van der Waals surface area contributed by atoms with Gasteiger partial charge in [0.25, 0.3) is 0 Å². The van der Waals surface area contributed by atoms with Gasteiger partial charge in [-0.25, -0.2) is 0 Å². The van der Waals surface area contributed by atoms with E-state index in [1.165, 1.54) is 12.1 Å². The maximum Gasteiger partial charge on any atom is 0.0762 e. The van der Waals surface area contributed by atoms with Crippen LogP contribution in [0.15, 0.2) is 22.7 Å². The van der Waals surface area contributed by atoms with E-state index in [2.05, 4.69) is 45.6 Å². The summed E-state index contributed by atoms with van der Waals surface area (Å²) in [5, 5.41) is 9.64. The highest BCUT2D eigenvalue weighted by Gasteiger charge is 2.27. The summed E-state index contributed by atoms with van der Waals surface area (Å²) >= 11 is 3.65. The summed E-state index contributed by atoms with van der Waals surface area (Å²) < 4.78 is 1.08. The number of hydrogen-bond acceptors (Lipinski definition) is 3. The summed E-state index contributed by atoms with van der Waals surface area (Å²) in [5.41, 5.74) is 2.20. The molecule has 112 valence electrons. The molecule has 0 saturated carbocycles. The fraction of sp³-hybridized carbons (Fsp3) is 0.625. The summed E-state index contributed by atoms with van der Waals surface area (Å²) in [5.74, 6) is 0. The van der Waals surface area contributed by atoms with Crippen LogP contribution in [0.1, 0.15) is 38.9 Å². The van der Waals surface area contributed by atoms with Gasteiger partial charge in [0.15, 0.2) is 0 Å². The lowest BCUT2D eigenvalue weighted by Gasteiger charge is -2.27. The van der Waals surface area contributed by atoms with Gasteiger partial charge in [0, 0.05) is 23.6 Å². The predicted molar refractivity (Wildman–Crippen MR) is 88.3 cm³/mol. The number of anilines is 1. The second kappa shape index (κ2) is 6.92. The minimum absolute atomic E-state index is 0.414. The molecule has 1 aromatic carbocycles. The van der Waals surface area contributed by atoms with E-state index in [1.807, 2.05) is 12.1 Å². The van der Waals surface area contributed by atoms with Crippen LogP contribution in [0.2, 0.25) is 0 Å². The number of likely N-dealkylation sites (N-methyl/N-ethyl adjacent to an activating group) is 1. The van der Waals surface area contributed by atoms with E-state index in [9.17, 15) is 5.11 Å². The summed E-state index contributed by atoms with van der Waals surface area (Å²) in [6, 6.07) is 6.84. The fourth-order valence-corrected chi connectivity index (χ4v) is 3.69. The van der Waals surface area contributed by atoms with Crippen molar-refractivity contribution in [3.8, 4) is 0 Å². The van der Waals surface area contributed by atoms with Crippen molar-refractivity contribution in [3.63, 3.8) is 0 Å². The maximum absolute atomic E-state index is 9.64. The van der Waals surface area contributed by atoms with Gasteiger partial charge in [0.2, 0.25) is 0 Å². The van der Waals surface area contributed by atoms with E-state index in [0.29, 0.717) is 6.04 Å². The molecular formula is C16H25BrN2O. The molecule has 1 saturated heterocycles. The highest BCUT2D eigenvalue weighted by Crippen LogP contribution is 2.32. The number of benzene rings is 1. The second-order valence-corrected chi connectivity index (χ2v) is 6.35. The van der Waals surface area contributed by atoms with Crippen LogP contribution >= 0.6 is 15.9 Å². The highest BCUT2D eigenvalue weighted by atomic mass is 79.9. The Morgan fingerprint density at radius 1 is 1.40 bits per heavy atom. The zero-order valence-electron chi connectivity index (χ0n) is 12.6. The molecule has 0 amide bonds. The molecule has 20 heavy (non-hydrogen) atoms. The van der Waals surface area contributed by atoms with Gasteiger partial charge in [-0.2, -0.15) is 0 Å². The number of nitrogens with zero attached hydrogens (tertiary/aromatic N) is 2. The largest absolute Gasteiger partial charge is 0.389 e. The molecule has 0 aliphatic carbocycles. The lowest BCUT2D eigenvalue weighted by molar-refractivity contribution is 0.199. The summed E-state index contributed by atoms with van der Waals surface area (Å²) in [6.07, 6.45) is 0.814. The minimum Gasteiger partial charge on any atom is -0.389 e. The van der Waals surface area contributed by atoms with Crippen molar-refractivity contribution in [1.82, 2.24) is 4.90 Å². The van der Waals surface area contributed by atoms with Gasteiger partial charge in [-0.05, 0) is 60.1 Å². The fourth-order valence-electron chi connectivity index (χ4n) is 3.04. The van der Waals surface area contributed by atoms with Crippen LogP contribution in [-0.4, -0.2) is 42.2 Å². The third kappa shape index (κ3) is 3.35. The smallest absolute Gasteiger partial charge is 0.0762 e. The molecule has 0 aromatic heterocycles. The first-order valence-corrected chi connectivity index (χ1v) is 8.32. The van der Waals surface area contributed by atoms with Crippen LogP contribution in [-0.2, 0) is 0 Å². The second-order valence-electron chi connectivity index (χ2n) is 5.50. The SMILES string of the molecule is CCN(CC)C1CCN(c2ccc([C@@H](C)O)cc2Br)C1. The van der Waals surface area contributed by atoms with Crippen LogP contribution in [0.5, 0.6) is 0 Å². The molecule has 1 fully saturated rings. The van der Waals surface area contributed by atoms with E-state index in [1.54, 1.807) is 6.92 Å². The lowest BCUT2D eigenvalue weighted by Crippen LogP contribution is -2.37. The number of rotatable bonds is 5. The Morgan fingerprint density at radius 2 is 2.10 bits per heavy atom. The Hall–Kier alpha value is -0.580. The van der Waals surface area contributed by atoms with Gasteiger partial charge in [-0.3, -0.25) is 4.90 Å². The molecule has 4 heteroatoms. The Bertz CT molecular complexity index is 446. The van der Waals surface area contributed by atoms with Gasteiger partial charge < -0.3 is 10.0 Å². The van der Waals surface area contributed by atoms with Crippen molar-refractivity contribution in [2.75, 3.05) is 31.1 Å². The monoisotopic (exact) mass is 340 g/mol. The molecule has 3 nitrogen and oxygen atoms in total. The molecule has 1 N–H and O–H groups in total. The van der Waals surface area contributed by atoms with Gasteiger partial charge >= 0.3 is 0 Å². The molecule has 1 unspecified atom stereocenters. The molecule has 0 radical (unpaired) electrons. The van der Waals surface area contributed by atoms with E-state index in [-0.39, 0.29) is 0 Å². The molecule has 2 rings (SSSR count). The van der Waals surface area contributed by atoms with E-state index >= 15 is 0 Å². The molecule has 1 aliphatic heterocycles. The molecule has 1 aliphatic rings. The summed E-state index contributed by atoms with van der Waals surface area (Å²) in [7, 11) is 0. The molecule has 1 aromatic rings. The maximum atomic E-state index is 9.64. The molecule has 2 atom stereocenters. The molecule has 1 heterocycles. The average Bonchev–Trinajstić information content (AvgIpc) is 2.89. The minimum atomic E-state index is -0.414. The number of hydrogen-bond donors (Lipinski definition) is 1. The van der Waals surface area contributed by atoms with Crippen LogP contribution in [0.3, 0.4) is 0 Å². The van der Waals surface area contributed by atoms with Crippen molar-refractivity contribution in [2.45, 2.75) is 39.3 Å². The first-order valence-electron chi connectivity index (χ1n) is 7.53. The molecular weight excluding hydrogens is 316 g/mol. The predicted octanol–water partition coefficient (Wildman–Crippen LogP) is 3.42. The Morgan fingerprint density at radius 3 is 2.65 bits per heavy atom. The lowest BCUT2D eigenvalue weighted by atomic mass is 10.1. The van der Waals surface area contributed by atoms with Crippen molar-refractivity contribution >= 4 is 21.6 Å². The van der Waals surface area contributed by atoms with Gasteiger partial charge in [-0.1, -0.05) is 19.9 Å². The number of aliphatic hydroxyl groups is 1. The van der Waals surface area contributed by atoms with Crippen LogP contribution < -0.4 is 4.90 Å². The van der Waals surface area contributed by atoms with Gasteiger partial charge in [0.05, 0.1) is 11.8 Å². The van der Waals surface area contributed by atoms with Gasteiger partial charge in [0.1, 0.15) is 0 Å². The Balaban J connectivity index is 2.10. The van der Waals surface area contributed by atoms with Crippen LogP contribution in [0.4, 0.5) is 5.69 Å². The third-order valence-corrected chi connectivity index (χ3v) is 4.92. The van der Waals surface area contributed by atoms with Crippen molar-refractivity contribution < 1.29 is 5.11 Å². The molecule has 0 bridgehead atoms. The topological polar surface area (TPSA) is 26.7 Å². The highest BCUT2D eigenvalue weighted by molar-refractivity contribution is 9.10. The summed E-state index contributed by atoms with van der Waals surface area (Å²) in [6.45, 7) is 10.7. The number of halogens is 1. The van der Waals surface area contributed by atoms with Crippen molar-refractivity contribution in [3.05, 3.63) is 28.2 Å². The average molecular weight is 341 g/mol. The van der Waals surface area contributed by atoms with Crippen molar-refractivity contribution in [1.29, 1.82) is 0 Å². The third-order valence-electron chi connectivity index (χ3n) is 4.29. The van der Waals surface area contributed by atoms with E-state index in [4.69, 9.17) is 0 Å². The van der Waals surface area contributed by atoms with E-state index < -0.39 is 6.10 Å².